The van der Waals surface area contributed by atoms with Crippen LogP contribution in [0.1, 0.15) is 46.7 Å². The number of ether oxygens (including phenoxy) is 3. The topological polar surface area (TPSA) is 69.7 Å². The van der Waals surface area contributed by atoms with Crippen molar-refractivity contribution < 1.29 is 19.0 Å². The lowest BCUT2D eigenvalue weighted by molar-refractivity contribution is 0.102. The molecular weight excluding hydrogens is 412 g/mol. The Hall–Kier alpha value is -3.06. The van der Waals surface area contributed by atoms with Crippen molar-refractivity contribution >= 4 is 22.9 Å². The van der Waals surface area contributed by atoms with Gasteiger partial charge in [0.25, 0.3) is 5.91 Å². The van der Waals surface area contributed by atoms with Gasteiger partial charge in [0.1, 0.15) is 33.7 Å². The van der Waals surface area contributed by atoms with Crippen LogP contribution in [-0.2, 0) is 12.0 Å². The molecule has 164 valence electrons. The van der Waals surface area contributed by atoms with E-state index in [1.165, 1.54) is 16.9 Å². The maximum atomic E-state index is 12.8. The van der Waals surface area contributed by atoms with E-state index in [-0.39, 0.29) is 11.3 Å². The van der Waals surface area contributed by atoms with E-state index >= 15 is 0 Å². The highest BCUT2D eigenvalue weighted by atomic mass is 32.1. The van der Waals surface area contributed by atoms with Crippen LogP contribution in [0.25, 0.3) is 0 Å². The molecule has 0 aliphatic rings. The van der Waals surface area contributed by atoms with Crippen LogP contribution in [0.2, 0.25) is 0 Å². The van der Waals surface area contributed by atoms with Crippen molar-refractivity contribution in [1.82, 2.24) is 4.98 Å². The Morgan fingerprint density at radius 1 is 1.03 bits per heavy atom. The number of anilines is 1. The van der Waals surface area contributed by atoms with Gasteiger partial charge in [-0.05, 0) is 42.2 Å². The minimum absolute atomic E-state index is 0.0970. The molecule has 0 fully saturated rings. The summed E-state index contributed by atoms with van der Waals surface area (Å²) >= 11 is 1.32. The normalized spacial score (nSPS) is 11.2. The lowest BCUT2D eigenvalue weighted by atomic mass is 9.87. The number of carbonyl (C=O) groups is 1. The lowest BCUT2D eigenvalue weighted by Crippen LogP contribution is -2.12. The third-order valence-corrected chi connectivity index (χ3v) is 5.92. The summed E-state index contributed by atoms with van der Waals surface area (Å²) in [6, 6.07) is 13.3. The minimum atomic E-state index is -0.237. The second kappa shape index (κ2) is 9.39. The summed E-state index contributed by atoms with van der Waals surface area (Å²) in [4.78, 5) is 17.8. The molecule has 31 heavy (non-hydrogen) atoms. The summed E-state index contributed by atoms with van der Waals surface area (Å²) in [6.45, 7) is 8.65. The number of carbonyl (C=O) groups excluding carboxylic acids is 1. The molecule has 2 aromatic carbocycles. The van der Waals surface area contributed by atoms with E-state index in [0.29, 0.717) is 34.4 Å². The van der Waals surface area contributed by atoms with Crippen LogP contribution in [0.5, 0.6) is 17.2 Å². The van der Waals surface area contributed by atoms with Crippen molar-refractivity contribution in [1.29, 1.82) is 0 Å². The Kier molecular flexibility index (Phi) is 6.85. The first kappa shape index (κ1) is 22.6. The van der Waals surface area contributed by atoms with Crippen molar-refractivity contribution in [2.75, 3.05) is 19.5 Å². The highest BCUT2D eigenvalue weighted by Gasteiger charge is 2.18. The molecule has 3 aromatic rings. The van der Waals surface area contributed by atoms with Crippen LogP contribution in [0.3, 0.4) is 0 Å². The molecule has 0 saturated heterocycles. The predicted molar refractivity (Wildman–Crippen MR) is 124 cm³/mol. The molecular formula is C24H28N2O4S. The van der Waals surface area contributed by atoms with Crippen molar-refractivity contribution in [3.63, 3.8) is 0 Å². The first-order chi connectivity index (χ1) is 14.7. The van der Waals surface area contributed by atoms with Crippen molar-refractivity contribution in [2.24, 2.45) is 0 Å². The first-order valence-electron chi connectivity index (χ1n) is 9.94. The highest BCUT2D eigenvalue weighted by Crippen LogP contribution is 2.30. The summed E-state index contributed by atoms with van der Waals surface area (Å²) in [5, 5.41) is 3.63. The number of hydrogen-bond acceptors (Lipinski definition) is 6. The number of amides is 1. The standard InChI is InChI=1S/C24H28N2O4S/c1-15-22(23(27)26-19-12-11-18(28-5)13-20(19)29-6)31-21(25-15)14-30-17-9-7-16(8-10-17)24(2,3)4/h7-13H,14H2,1-6H3,(H,26,27). The van der Waals surface area contributed by atoms with Crippen molar-refractivity contribution in [3.05, 3.63) is 63.6 Å². The third kappa shape index (κ3) is 5.55. The van der Waals surface area contributed by atoms with Crippen LogP contribution >= 0.6 is 11.3 Å². The van der Waals surface area contributed by atoms with E-state index in [2.05, 4.69) is 43.2 Å². The molecule has 0 spiro atoms. The van der Waals surface area contributed by atoms with Gasteiger partial charge in [0.15, 0.2) is 0 Å². The van der Waals surface area contributed by atoms with Gasteiger partial charge in [0.2, 0.25) is 0 Å². The largest absolute Gasteiger partial charge is 0.497 e. The average Bonchev–Trinajstić information content (AvgIpc) is 3.12. The van der Waals surface area contributed by atoms with Gasteiger partial charge in [-0.2, -0.15) is 0 Å². The number of rotatable bonds is 7. The minimum Gasteiger partial charge on any atom is -0.497 e. The second-order valence-corrected chi connectivity index (χ2v) is 9.19. The maximum Gasteiger partial charge on any atom is 0.267 e. The van der Waals surface area contributed by atoms with E-state index in [4.69, 9.17) is 14.2 Å². The number of hydrogen-bond donors (Lipinski definition) is 1. The van der Waals surface area contributed by atoms with Crippen LogP contribution < -0.4 is 19.5 Å². The Morgan fingerprint density at radius 3 is 2.32 bits per heavy atom. The molecule has 0 aliphatic carbocycles. The third-order valence-electron chi connectivity index (χ3n) is 4.79. The SMILES string of the molecule is COc1ccc(NC(=O)c2sc(COc3ccc(C(C)(C)C)cc3)nc2C)c(OC)c1. The first-order valence-corrected chi connectivity index (χ1v) is 10.8. The number of methoxy groups -OCH3 is 2. The molecule has 6 nitrogen and oxygen atoms in total. The van der Waals surface area contributed by atoms with Gasteiger partial charge in [-0.3, -0.25) is 4.79 Å². The van der Waals surface area contributed by atoms with Crippen LogP contribution in [0, 0.1) is 6.92 Å². The van der Waals surface area contributed by atoms with Gasteiger partial charge in [-0.15, -0.1) is 11.3 Å². The molecule has 1 aromatic heterocycles. The van der Waals surface area contributed by atoms with Crippen LogP contribution in [0.4, 0.5) is 5.69 Å². The van der Waals surface area contributed by atoms with Crippen molar-refractivity contribution in [3.8, 4) is 17.2 Å². The zero-order valence-corrected chi connectivity index (χ0v) is 19.6. The fourth-order valence-corrected chi connectivity index (χ4v) is 3.87. The quantitative estimate of drug-likeness (QED) is 0.518. The summed E-state index contributed by atoms with van der Waals surface area (Å²) in [5.41, 5.74) is 2.58. The molecule has 0 atom stereocenters. The number of aryl methyl sites for hydroxylation is 1. The molecule has 0 bridgehead atoms. The number of nitrogens with one attached hydrogen (secondary N) is 1. The molecule has 0 saturated carbocycles. The van der Waals surface area contributed by atoms with Gasteiger partial charge in [-0.25, -0.2) is 4.98 Å². The van der Waals surface area contributed by atoms with Gasteiger partial charge in [-0.1, -0.05) is 32.9 Å². The Balaban J connectivity index is 1.67. The monoisotopic (exact) mass is 440 g/mol. The number of thiazole rings is 1. The molecule has 1 N–H and O–H groups in total. The predicted octanol–water partition coefficient (Wildman–Crippen LogP) is 5.60. The lowest BCUT2D eigenvalue weighted by Gasteiger charge is -2.19. The van der Waals surface area contributed by atoms with E-state index in [1.54, 1.807) is 32.4 Å². The van der Waals surface area contributed by atoms with Gasteiger partial charge >= 0.3 is 0 Å². The number of aromatic nitrogens is 1. The summed E-state index contributed by atoms with van der Waals surface area (Å²) in [7, 11) is 3.13. The van der Waals surface area contributed by atoms with Crippen LogP contribution in [-0.4, -0.2) is 25.1 Å². The smallest absolute Gasteiger partial charge is 0.267 e. The van der Waals surface area contributed by atoms with Crippen molar-refractivity contribution in [2.45, 2.75) is 39.7 Å². The Morgan fingerprint density at radius 2 is 1.71 bits per heavy atom. The zero-order valence-electron chi connectivity index (χ0n) is 18.7. The van der Waals surface area contributed by atoms with E-state index in [0.717, 1.165) is 10.8 Å². The number of nitrogens with zero attached hydrogens (tertiary/aromatic N) is 1. The molecule has 3 rings (SSSR count). The van der Waals surface area contributed by atoms with Gasteiger partial charge < -0.3 is 19.5 Å². The Labute approximate surface area is 187 Å². The Bertz CT molecular complexity index is 1050. The molecule has 0 unspecified atom stereocenters. The maximum absolute atomic E-state index is 12.8. The molecule has 0 aliphatic heterocycles. The molecule has 1 amide bonds. The average molecular weight is 441 g/mol. The molecule has 7 heteroatoms. The summed E-state index contributed by atoms with van der Waals surface area (Å²) < 4.78 is 16.4. The van der Waals surface area contributed by atoms with E-state index < -0.39 is 0 Å². The summed E-state index contributed by atoms with van der Waals surface area (Å²) in [5.74, 6) is 1.71. The molecule has 1 heterocycles. The molecule has 0 radical (unpaired) electrons. The fraction of sp³-hybridized carbons (Fsp3) is 0.333. The van der Waals surface area contributed by atoms with E-state index in [9.17, 15) is 4.79 Å². The highest BCUT2D eigenvalue weighted by molar-refractivity contribution is 7.13. The fourth-order valence-electron chi connectivity index (χ4n) is 3.00. The van der Waals surface area contributed by atoms with Gasteiger partial charge in [0, 0.05) is 6.07 Å². The number of benzene rings is 2. The van der Waals surface area contributed by atoms with Gasteiger partial charge in [0.05, 0.1) is 25.6 Å². The second-order valence-electron chi connectivity index (χ2n) is 8.11. The zero-order chi connectivity index (χ0) is 22.6. The summed E-state index contributed by atoms with van der Waals surface area (Å²) in [6.07, 6.45) is 0. The van der Waals surface area contributed by atoms with E-state index in [1.807, 2.05) is 19.1 Å². The van der Waals surface area contributed by atoms with Crippen LogP contribution in [0.15, 0.2) is 42.5 Å².